The fourth-order valence-electron chi connectivity index (χ4n) is 2.13. The van der Waals surface area contributed by atoms with E-state index in [2.05, 4.69) is 10.0 Å². The normalized spacial score (nSPS) is 11.1. The zero-order valence-corrected chi connectivity index (χ0v) is 15.1. The number of hydrogen-bond acceptors (Lipinski definition) is 4. The SMILES string of the molecule is CCCNS(=O)(=O)c1ccc(OCC(=O)Nc2ccccc2)c(C)c1. The minimum atomic E-state index is -3.52. The van der Waals surface area contributed by atoms with Crippen molar-refractivity contribution in [1.82, 2.24) is 4.72 Å². The van der Waals surface area contributed by atoms with Crippen LogP contribution in [0.3, 0.4) is 0 Å². The van der Waals surface area contributed by atoms with Crippen molar-refractivity contribution in [1.29, 1.82) is 0 Å². The summed E-state index contributed by atoms with van der Waals surface area (Å²) in [7, 11) is -3.52. The van der Waals surface area contributed by atoms with Gasteiger partial charge in [-0.15, -0.1) is 0 Å². The Bertz CT molecular complexity index is 820. The van der Waals surface area contributed by atoms with Crippen LogP contribution in [0.25, 0.3) is 0 Å². The molecule has 0 heterocycles. The number of sulfonamides is 1. The second kappa shape index (κ2) is 8.64. The quantitative estimate of drug-likeness (QED) is 0.756. The van der Waals surface area contributed by atoms with Gasteiger partial charge in [0.25, 0.3) is 5.91 Å². The van der Waals surface area contributed by atoms with E-state index in [-0.39, 0.29) is 17.4 Å². The number of anilines is 1. The lowest BCUT2D eigenvalue weighted by atomic mass is 10.2. The van der Waals surface area contributed by atoms with Gasteiger partial charge in [0.1, 0.15) is 5.75 Å². The molecule has 25 heavy (non-hydrogen) atoms. The number of para-hydroxylation sites is 1. The third-order valence-corrected chi connectivity index (χ3v) is 4.87. The van der Waals surface area contributed by atoms with E-state index in [1.165, 1.54) is 12.1 Å². The van der Waals surface area contributed by atoms with Crippen molar-refractivity contribution in [3.8, 4) is 5.75 Å². The van der Waals surface area contributed by atoms with Gasteiger partial charge in [0.2, 0.25) is 10.0 Å². The molecule has 0 unspecified atom stereocenters. The summed E-state index contributed by atoms with van der Waals surface area (Å²) in [4.78, 5) is 12.1. The molecule has 2 rings (SSSR count). The van der Waals surface area contributed by atoms with Crippen molar-refractivity contribution in [2.75, 3.05) is 18.5 Å². The largest absolute Gasteiger partial charge is 0.483 e. The van der Waals surface area contributed by atoms with Crippen molar-refractivity contribution >= 4 is 21.6 Å². The van der Waals surface area contributed by atoms with Gasteiger partial charge in [0.05, 0.1) is 4.90 Å². The molecule has 6 nitrogen and oxygen atoms in total. The van der Waals surface area contributed by atoms with Crippen molar-refractivity contribution in [2.24, 2.45) is 0 Å². The maximum atomic E-state index is 12.1. The van der Waals surface area contributed by atoms with E-state index in [0.717, 1.165) is 6.42 Å². The molecule has 0 aliphatic heterocycles. The Morgan fingerprint density at radius 2 is 1.84 bits per heavy atom. The number of carbonyl (C=O) groups excluding carboxylic acids is 1. The van der Waals surface area contributed by atoms with Crippen molar-refractivity contribution in [3.63, 3.8) is 0 Å². The topological polar surface area (TPSA) is 84.5 Å². The van der Waals surface area contributed by atoms with E-state index in [4.69, 9.17) is 4.74 Å². The molecule has 2 aromatic rings. The zero-order valence-electron chi connectivity index (χ0n) is 14.3. The zero-order chi connectivity index (χ0) is 18.3. The molecule has 0 bridgehead atoms. The summed E-state index contributed by atoms with van der Waals surface area (Å²) in [6.07, 6.45) is 0.718. The van der Waals surface area contributed by atoms with Gasteiger partial charge in [-0.25, -0.2) is 13.1 Å². The van der Waals surface area contributed by atoms with Gasteiger partial charge < -0.3 is 10.1 Å². The van der Waals surface area contributed by atoms with Gasteiger partial charge in [0, 0.05) is 12.2 Å². The number of benzene rings is 2. The first kappa shape index (κ1) is 19.0. The molecule has 0 atom stereocenters. The highest BCUT2D eigenvalue weighted by atomic mass is 32.2. The highest BCUT2D eigenvalue weighted by Crippen LogP contribution is 2.21. The van der Waals surface area contributed by atoms with Gasteiger partial charge in [-0.05, 0) is 49.2 Å². The van der Waals surface area contributed by atoms with E-state index in [1.54, 1.807) is 25.1 Å². The van der Waals surface area contributed by atoms with Crippen LogP contribution < -0.4 is 14.8 Å². The highest BCUT2D eigenvalue weighted by Gasteiger charge is 2.15. The molecular formula is C18H22N2O4S. The number of nitrogens with one attached hydrogen (secondary N) is 2. The van der Waals surface area contributed by atoms with Crippen LogP contribution in [0.5, 0.6) is 5.75 Å². The number of aryl methyl sites for hydroxylation is 1. The molecule has 0 aromatic heterocycles. The Labute approximate surface area is 148 Å². The Balaban J connectivity index is 1.98. The summed E-state index contributed by atoms with van der Waals surface area (Å²) >= 11 is 0. The summed E-state index contributed by atoms with van der Waals surface area (Å²) < 4.78 is 32.2. The van der Waals surface area contributed by atoms with Crippen LogP contribution in [0.1, 0.15) is 18.9 Å². The molecule has 0 radical (unpaired) electrons. The summed E-state index contributed by atoms with van der Waals surface area (Å²) in [6.45, 7) is 3.86. The van der Waals surface area contributed by atoms with E-state index < -0.39 is 10.0 Å². The monoisotopic (exact) mass is 362 g/mol. The number of amides is 1. The van der Waals surface area contributed by atoms with Crippen molar-refractivity contribution in [2.45, 2.75) is 25.2 Å². The summed E-state index contributed by atoms with van der Waals surface area (Å²) in [5.41, 5.74) is 1.34. The maximum Gasteiger partial charge on any atom is 0.262 e. The van der Waals surface area contributed by atoms with E-state index in [1.807, 2.05) is 25.1 Å². The van der Waals surface area contributed by atoms with E-state index in [9.17, 15) is 13.2 Å². The van der Waals surface area contributed by atoms with Crippen LogP contribution in [0, 0.1) is 6.92 Å². The molecule has 0 fully saturated rings. The van der Waals surface area contributed by atoms with Crippen molar-refractivity contribution in [3.05, 3.63) is 54.1 Å². The van der Waals surface area contributed by atoms with Crippen LogP contribution in [0.15, 0.2) is 53.4 Å². The molecule has 0 spiro atoms. The molecular weight excluding hydrogens is 340 g/mol. The Kier molecular flexibility index (Phi) is 6.55. The van der Waals surface area contributed by atoms with Gasteiger partial charge >= 0.3 is 0 Å². The molecule has 7 heteroatoms. The number of rotatable bonds is 8. The molecule has 2 aromatic carbocycles. The minimum absolute atomic E-state index is 0.157. The Morgan fingerprint density at radius 1 is 1.12 bits per heavy atom. The van der Waals surface area contributed by atoms with Crippen LogP contribution in [-0.4, -0.2) is 27.5 Å². The molecule has 0 saturated carbocycles. The fraction of sp³-hybridized carbons (Fsp3) is 0.278. The Hall–Kier alpha value is -2.38. The second-order valence-corrected chi connectivity index (χ2v) is 7.29. The third kappa shape index (κ3) is 5.58. The first-order valence-corrected chi connectivity index (χ1v) is 9.48. The van der Waals surface area contributed by atoms with E-state index in [0.29, 0.717) is 23.5 Å². The summed E-state index contributed by atoms with van der Waals surface area (Å²) in [6, 6.07) is 13.6. The average Bonchev–Trinajstić information content (AvgIpc) is 2.59. The van der Waals surface area contributed by atoms with E-state index >= 15 is 0 Å². The molecule has 1 amide bonds. The molecule has 134 valence electrons. The second-order valence-electron chi connectivity index (χ2n) is 5.53. The molecule has 2 N–H and O–H groups in total. The van der Waals surface area contributed by atoms with Gasteiger partial charge in [-0.1, -0.05) is 25.1 Å². The molecule has 0 aliphatic rings. The standard InChI is InChI=1S/C18H22N2O4S/c1-3-11-19-25(22,23)16-9-10-17(14(2)12-16)24-13-18(21)20-15-7-5-4-6-8-15/h4-10,12,19H,3,11,13H2,1-2H3,(H,20,21). The van der Waals surface area contributed by atoms with Crippen LogP contribution in [0.2, 0.25) is 0 Å². The first-order chi connectivity index (χ1) is 11.9. The third-order valence-electron chi connectivity index (χ3n) is 3.42. The lowest BCUT2D eigenvalue weighted by Crippen LogP contribution is -2.24. The Morgan fingerprint density at radius 3 is 2.48 bits per heavy atom. The fourth-order valence-corrected chi connectivity index (χ4v) is 3.35. The molecule has 0 aliphatic carbocycles. The smallest absolute Gasteiger partial charge is 0.262 e. The highest BCUT2D eigenvalue weighted by molar-refractivity contribution is 7.89. The number of carbonyl (C=O) groups is 1. The number of hydrogen-bond donors (Lipinski definition) is 2. The average molecular weight is 362 g/mol. The van der Waals surface area contributed by atoms with Crippen LogP contribution in [0.4, 0.5) is 5.69 Å². The van der Waals surface area contributed by atoms with Gasteiger partial charge in [-0.2, -0.15) is 0 Å². The lowest BCUT2D eigenvalue weighted by Gasteiger charge is -2.12. The first-order valence-electron chi connectivity index (χ1n) is 8.00. The van der Waals surface area contributed by atoms with Crippen LogP contribution in [-0.2, 0) is 14.8 Å². The van der Waals surface area contributed by atoms with Crippen molar-refractivity contribution < 1.29 is 17.9 Å². The minimum Gasteiger partial charge on any atom is -0.483 e. The number of ether oxygens (including phenoxy) is 1. The lowest BCUT2D eigenvalue weighted by molar-refractivity contribution is -0.118. The predicted molar refractivity (Wildman–Crippen MR) is 97.2 cm³/mol. The summed E-state index contributed by atoms with van der Waals surface area (Å²) in [5.74, 6) is 0.185. The maximum absolute atomic E-state index is 12.1. The van der Waals surface area contributed by atoms with Gasteiger partial charge in [-0.3, -0.25) is 4.79 Å². The predicted octanol–water partition coefficient (Wildman–Crippen LogP) is 2.70. The molecule has 0 saturated heterocycles. The van der Waals surface area contributed by atoms with Gasteiger partial charge in [0.15, 0.2) is 6.61 Å². The summed E-state index contributed by atoms with van der Waals surface area (Å²) in [5, 5.41) is 2.72. The van der Waals surface area contributed by atoms with Crippen LogP contribution >= 0.6 is 0 Å².